The molecule has 8 nitrogen and oxygen atoms in total. The van der Waals surface area contributed by atoms with Crippen LogP contribution in [0.3, 0.4) is 0 Å². The molecule has 2 heterocycles. The van der Waals surface area contributed by atoms with E-state index in [2.05, 4.69) is 39.4 Å². The molecule has 0 aliphatic heterocycles. The van der Waals surface area contributed by atoms with Crippen molar-refractivity contribution in [1.29, 1.82) is 0 Å². The normalized spacial score (nSPS) is 10.9. The largest absolute Gasteiger partial charge is 0.493 e. The van der Waals surface area contributed by atoms with Crippen molar-refractivity contribution in [1.82, 2.24) is 20.3 Å². The molecule has 0 atom stereocenters. The summed E-state index contributed by atoms with van der Waals surface area (Å²) in [5.74, 6) is 3.08. The van der Waals surface area contributed by atoms with Gasteiger partial charge in [-0.1, -0.05) is 48.1 Å². The van der Waals surface area contributed by atoms with Gasteiger partial charge in [-0.2, -0.15) is 4.98 Å². The maximum Gasteiger partial charge on any atom is 0.277 e. The summed E-state index contributed by atoms with van der Waals surface area (Å²) in [4.78, 5) is 4.44. The number of aryl methyl sites for hydroxylation is 1. The zero-order valence-corrected chi connectivity index (χ0v) is 17.6. The molecule has 9 heteroatoms. The van der Waals surface area contributed by atoms with Crippen LogP contribution in [0.15, 0.2) is 56.6 Å². The Morgan fingerprint density at radius 2 is 1.70 bits per heavy atom. The van der Waals surface area contributed by atoms with E-state index in [1.165, 1.54) is 17.3 Å². The summed E-state index contributed by atoms with van der Waals surface area (Å²) < 4.78 is 21.6. The van der Waals surface area contributed by atoms with E-state index in [1.807, 2.05) is 18.2 Å². The Bertz CT molecular complexity index is 1120. The minimum absolute atomic E-state index is 0.390. The first kappa shape index (κ1) is 20.0. The number of hydrogen-bond acceptors (Lipinski definition) is 9. The third-order valence-corrected chi connectivity index (χ3v) is 5.25. The van der Waals surface area contributed by atoms with E-state index in [1.54, 1.807) is 26.4 Å². The third-order valence-electron chi connectivity index (χ3n) is 4.44. The molecule has 0 saturated heterocycles. The molecule has 0 bridgehead atoms. The highest BCUT2D eigenvalue weighted by Gasteiger charge is 2.15. The highest BCUT2D eigenvalue weighted by Crippen LogP contribution is 2.33. The van der Waals surface area contributed by atoms with Gasteiger partial charge >= 0.3 is 0 Å². The van der Waals surface area contributed by atoms with Crippen molar-refractivity contribution in [3.8, 4) is 34.3 Å². The molecule has 0 aliphatic rings. The van der Waals surface area contributed by atoms with Gasteiger partial charge in [-0.05, 0) is 30.2 Å². The summed E-state index contributed by atoms with van der Waals surface area (Å²) in [5.41, 5.74) is 2.92. The average Bonchev–Trinajstić information content (AvgIpc) is 3.47. The number of rotatable bonds is 8. The fraction of sp³-hybridized carbons (Fsp3) is 0.238. The maximum absolute atomic E-state index is 5.74. The van der Waals surface area contributed by atoms with E-state index >= 15 is 0 Å². The minimum atomic E-state index is 0.390. The van der Waals surface area contributed by atoms with Gasteiger partial charge in [-0.25, -0.2) is 0 Å². The Hall–Kier alpha value is -3.33. The van der Waals surface area contributed by atoms with Crippen LogP contribution in [0.25, 0.3) is 22.8 Å². The molecule has 0 saturated carbocycles. The Kier molecular flexibility index (Phi) is 5.99. The highest BCUT2D eigenvalue weighted by molar-refractivity contribution is 7.98. The van der Waals surface area contributed by atoms with Gasteiger partial charge in [0.05, 0.1) is 20.0 Å². The average molecular weight is 424 g/mol. The molecule has 0 amide bonds. The molecular formula is C21H20N4O4S. The SMILES string of the molecule is CCc1ccc(-c2noc(CSc3nnc(-c4ccc(OC)c(OC)c4)o3)n2)cc1. The van der Waals surface area contributed by atoms with Crippen LogP contribution < -0.4 is 9.47 Å². The van der Waals surface area contributed by atoms with Crippen LogP contribution >= 0.6 is 11.8 Å². The fourth-order valence-electron chi connectivity index (χ4n) is 2.80. The third kappa shape index (κ3) is 4.30. The Morgan fingerprint density at radius 1 is 0.933 bits per heavy atom. The number of methoxy groups -OCH3 is 2. The van der Waals surface area contributed by atoms with Gasteiger partial charge in [0.25, 0.3) is 5.22 Å². The van der Waals surface area contributed by atoms with Gasteiger partial charge in [-0.15, -0.1) is 10.2 Å². The van der Waals surface area contributed by atoms with Gasteiger partial charge < -0.3 is 18.4 Å². The van der Waals surface area contributed by atoms with Crippen molar-refractivity contribution in [2.45, 2.75) is 24.3 Å². The highest BCUT2D eigenvalue weighted by atomic mass is 32.2. The zero-order chi connectivity index (χ0) is 20.9. The summed E-state index contributed by atoms with van der Waals surface area (Å²) in [6.45, 7) is 2.12. The Labute approximate surface area is 177 Å². The van der Waals surface area contributed by atoms with Crippen molar-refractivity contribution in [2.24, 2.45) is 0 Å². The van der Waals surface area contributed by atoms with Crippen LogP contribution in [0.2, 0.25) is 0 Å². The summed E-state index contributed by atoms with van der Waals surface area (Å²) in [5, 5.41) is 12.6. The molecule has 0 fully saturated rings. The smallest absolute Gasteiger partial charge is 0.277 e. The second kappa shape index (κ2) is 9.00. The number of aromatic nitrogens is 4. The van der Waals surface area contributed by atoms with Crippen LogP contribution in [0.5, 0.6) is 11.5 Å². The van der Waals surface area contributed by atoms with E-state index in [-0.39, 0.29) is 0 Å². The van der Waals surface area contributed by atoms with E-state index in [4.69, 9.17) is 18.4 Å². The lowest BCUT2D eigenvalue weighted by molar-refractivity contribution is 0.355. The molecule has 0 spiro atoms. The van der Waals surface area contributed by atoms with Crippen LogP contribution in [0.1, 0.15) is 18.4 Å². The number of hydrogen-bond donors (Lipinski definition) is 0. The molecule has 0 unspecified atom stereocenters. The van der Waals surface area contributed by atoms with Gasteiger partial charge in [-0.3, -0.25) is 0 Å². The molecule has 4 aromatic rings. The molecule has 154 valence electrons. The summed E-state index contributed by atoms with van der Waals surface area (Å²) in [6.07, 6.45) is 0.990. The van der Waals surface area contributed by atoms with Crippen molar-refractivity contribution in [3.05, 3.63) is 53.9 Å². The number of nitrogens with zero attached hydrogens (tertiary/aromatic N) is 4. The lowest BCUT2D eigenvalue weighted by Crippen LogP contribution is -1.90. The molecule has 0 aliphatic carbocycles. The Morgan fingerprint density at radius 3 is 2.43 bits per heavy atom. The Balaban J connectivity index is 1.42. The van der Waals surface area contributed by atoms with E-state index in [0.29, 0.717) is 40.1 Å². The first-order chi connectivity index (χ1) is 14.7. The predicted molar refractivity (Wildman–Crippen MR) is 112 cm³/mol. The van der Waals surface area contributed by atoms with E-state index < -0.39 is 0 Å². The van der Waals surface area contributed by atoms with Gasteiger partial charge in [0.2, 0.25) is 17.6 Å². The van der Waals surface area contributed by atoms with Crippen LogP contribution in [0, 0.1) is 0 Å². The van der Waals surface area contributed by atoms with E-state index in [9.17, 15) is 0 Å². The standard InChI is InChI=1S/C21H20N4O4S/c1-4-13-5-7-14(8-6-13)19-22-18(29-25-19)12-30-21-24-23-20(28-21)15-9-10-16(26-2)17(11-15)27-3/h5-11H,4,12H2,1-3H3. The van der Waals surface area contributed by atoms with Crippen molar-refractivity contribution < 1.29 is 18.4 Å². The molecular weight excluding hydrogens is 404 g/mol. The van der Waals surface area contributed by atoms with Crippen LogP contribution in [0.4, 0.5) is 0 Å². The predicted octanol–water partition coefficient (Wildman–Crippen LogP) is 4.66. The van der Waals surface area contributed by atoms with Crippen LogP contribution in [-0.2, 0) is 12.2 Å². The summed E-state index contributed by atoms with van der Waals surface area (Å²) in [7, 11) is 3.16. The number of benzene rings is 2. The molecule has 30 heavy (non-hydrogen) atoms. The van der Waals surface area contributed by atoms with Crippen molar-refractivity contribution in [2.75, 3.05) is 14.2 Å². The van der Waals surface area contributed by atoms with Gasteiger partial charge in [0.15, 0.2) is 11.5 Å². The second-order valence-corrected chi connectivity index (χ2v) is 7.22. The minimum Gasteiger partial charge on any atom is -0.493 e. The molecule has 0 N–H and O–H groups in total. The quantitative estimate of drug-likeness (QED) is 0.374. The molecule has 2 aromatic carbocycles. The zero-order valence-electron chi connectivity index (χ0n) is 16.8. The van der Waals surface area contributed by atoms with Gasteiger partial charge in [0.1, 0.15) is 0 Å². The lowest BCUT2D eigenvalue weighted by Gasteiger charge is -2.07. The van der Waals surface area contributed by atoms with E-state index in [0.717, 1.165) is 17.5 Å². The second-order valence-electron chi connectivity index (χ2n) is 6.29. The van der Waals surface area contributed by atoms with Crippen molar-refractivity contribution >= 4 is 11.8 Å². The molecule has 4 rings (SSSR count). The molecule has 0 radical (unpaired) electrons. The van der Waals surface area contributed by atoms with Crippen LogP contribution in [-0.4, -0.2) is 34.6 Å². The first-order valence-electron chi connectivity index (χ1n) is 9.30. The maximum atomic E-state index is 5.74. The van der Waals surface area contributed by atoms with Gasteiger partial charge in [0, 0.05) is 11.1 Å². The topological polar surface area (TPSA) is 96.3 Å². The number of ether oxygens (including phenoxy) is 2. The summed E-state index contributed by atoms with van der Waals surface area (Å²) >= 11 is 1.33. The summed E-state index contributed by atoms with van der Waals surface area (Å²) in [6, 6.07) is 13.5. The number of thioether (sulfide) groups is 1. The fourth-order valence-corrected chi connectivity index (χ4v) is 3.40. The first-order valence-corrected chi connectivity index (χ1v) is 10.3. The molecule has 2 aromatic heterocycles. The monoisotopic (exact) mass is 424 g/mol. The lowest BCUT2D eigenvalue weighted by atomic mass is 10.1. The van der Waals surface area contributed by atoms with Crippen molar-refractivity contribution in [3.63, 3.8) is 0 Å².